The minimum atomic E-state index is 0.473. The van der Waals surface area contributed by atoms with Crippen LogP contribution in [0.2, 0.25) is 0 Å². The fourth-order valence-corrected chi connectivity index (χ4v) is 1.76. The molecule has 0 spiro atoms. The normalized spacial score (nSPS) is 16.6. The maximum absolute atomic E-state index is 5.48. The van der Waals surface area contributed by atoms with Gasteiger partial charge >= 0.3 is 0 Å². The van der Waals surface area contributed by atoms with Crippen molar-refractivity contribution in [3.63, 3.8) is 0 Å². The molecule has 0 radical (unpaired) electrons. The van der Waals surface area contributed by atoms with Crippen molar-refractivity contribution >= 4 is 0 Å². The molecule has 1 aliphatic heterocycles. The maximum Gasteiger partial charge on any atom is 0.122 e. The van der Waals surface area contributed by atoms with E-state index < -0.39 is 0 Å². The van der Waals surface area contributed by atoms with Crippen LogP contribution in [0, 0.1) is 0 Å². The molecular formula is C12H17NO. The van der Waals surface area contributed by atoms with Gasteiger partial charge in [0.15, 0.2) is 0 Å². The molecule has 1 aromatic carbocycles. The molecular weight excluding hydrogens is 174 g/mol. The van der Waals surface area contributed by atoms with Crippen LogP contribution >= 0.6 is 0 Å². The van der Waals surface area contributed by atoms with E-state index in [-0.39, 0.29) is 0 Å². The number of hydrogen-bond donors (Lipinski definition) is 0. The van der Waals surface area contributed by atoms with E-state index in [1.807, 2.05) is 0 Å². The second-order valence-electron chi connectivity index (χ2n) is 4.11. The first kappa shape index (κ1) is 9.53. The van der Waals surface area contributed by atoms with Crippen molar-refractivity contribution in [2.45, 2.75) is 19.4 Å². The lowest BCUT2D eigenvalue weighted by Gasteiger charge is -2.20. The summed E-state index contributed by atoms with van der Waals surface area (Å²) in [6.45, 7) is 3.06. The first-order valence-electron chi connectivity index (χ1n) is 5.10. The topological polar surface area (TPSA) is 12.5 Å². The summed E-state index contributed by atoms with van der Waals surface area (Å²) in [6, 6.07) is 7.00. The second-order valence-corrected chi connectivity index (χ2v) is 4.11. The average molecular weight is 191 g/mol. The van der Waals surface area contributed by atoms with E-state index in [0.717, 1.165) is 18.8 Å². The zero-order valence-electron chi connectivity index (χ0n) is 9.08. The highest BCUT2D eigenvalue weighted by atomic mass is 16.5. The van der Waals surface area contributed by atoms with Gasteiger partial charge in [0.05, 0.1) is 6.61 Å². The minimum Gasteiger partial charge on any atom is -0.493 e. The molecule has 1 unspecified atom stereocenters. The number of fused-ring (bicyclic) bond motifs is 1. The third kappa shape index (κ3) is 1.62. The largest absolute Gasteiger partial charge is 0.493 e. The van der Waals surface area contributed by atoms with Crippen LogP contribution in [-0.4, -0.2) is 25.6 Å². The van der Waals surface area contributed by atoms with Gasteiger partial charge in [-0.1, -0.05) is 12.1 Å². The van der Waals surface area contributed by atoms with Crippen LogP contribution in [0.25, 0.3) is 0 Å². The van der Waals surface area contributed by atoms with E-state index in [2.05, 4.69) is 44.1 Å². The number of benzene rings is 1. The van der Waals surface area contributed by atoms with Gasteiger partial charge in [-0.25, -0.2) is 0 Å². The number of hydrogen-bond acceptors (Lipinski definition) is 2. The lowest BCUT2D eigenvalue weighted by atomic mass is 10.0. The van der Waals surface area contributed by atoms with Gasteiger partial charge in [0.25, 0.3) is 0 Å². The van der Waals surface area contributed by atoms with Crippen molar-refractivity contribution in [1.29, 1.82) is 0 Å². The molecule has 1 atom stereocenters. The van der Waals surface area contributed by atoms with Crippen molar-refractivity contribution in [1.82, 2.24) is 4.90 Å². The zero-order chi connectivity index (χ0) is 10.1. The van der Waals surface area contributed by atoms with Crippen LogP contribution in [0.4, 0.5) is 0 Å². The van der Waals surface area contributed by atoms with E-state index in [1.165, 1.54) is 11.1 Å². The van der Waals surface area contributed by atoms with Crippen LogP contribution in [0.5, 0.6) is 5.75 Å². The molecule has 1 heterocycles. The van der Waals surface area contributed by atoms with Gasteiger partial charge in [-0.3, -0.25) is 0 Å². The van der Waals surface area contributed by atoms with Crippen LogP contribution < -0.4 is 4.74 Å². The summed E-state index contributed by atoms with van der Waals surface area (Å²) in [5.74, 6) is 1.07. The Labute approximate surface area is 85.5 Å². The van der Waals surface area contributed by atoms with E-state index in [0.29, 0.717) is 6.04 Å². The zero-order valence-corrected chi connectivity index (χ0v) is 9.08. The highest BCUT2D eigenvalue weighted by molar-refractivity contribution is 5.40. The van der Waals surface area contributed by atoms with Crippen molar-refractivity contribution < 1.29 is 4.74 Å². The highest BCUT2D eigenvalue weighted by Gasteiger charge is 2.15. The smallest absolute Gasteiger partial charge is 0.122 e. The molecule has 1 aliphatic rings. The molecule has 0 saturated heterocycles. The Bertz CT molecular complexity index is 333. The molecule has 2 rings (SSSR count). The molecule has 0 fully saturated rings. The van der Waals surface area contributed by atoms with Gasteiger partial charge < -0.3 is 9.64 Å². The summed E-state index contributed by atoms with van der Waals surface area (Å²) in [5, 5.41) is 0. The van der Waals surface area contributed by atoms with E-state index in [9.17, 15) is 0 Å². The molecule has 0 saturated carbocycles. The molecule has 0 aliphatic carbocycles. The molecule has 76 valence electrons. The lowest BCUT2D eigenvalue weighted by molar-refractivity contribution is 0.321. The van der Waals surface area contributed by atoms with Crippen LogP contribution in [0.3, 0.4) is 0 Å². The Hall–Kier alpha value is -1.02. The number of rotatable bonds is 2. The molecule has 2 heteroatoms. The third-order valence-corrected chi connectivity index (χ3v) is 2.97. The Kier molecular flexibility index (Phi) is 2.46. The fraction of sp³-hybridized carbons (Fsp3) is 0.500. The Morgan fingerprint density at radius 2 is 2.14 bits per heavy atom. The minimum absolute atomic E-state index is 0.473. The standard InChI is InChI=1S/C12H17NO/c1-9(13(2)3)10-4-5-12-11(8-10)6-7-14-12/h4-5,8-9H,6-7H2,1-3H3. The van der Waals surface area contributed by atoms with Gasteiger partial charge in [-0.05, 0) is 38.2 Å². The van der Waals surface area contributed by atoms with Gasteiger partial charge in [0.2, 0.25) is 0 Å². The Balaban J connectivity index is 2.28. The van der Waals surface area contributed by atoms with E-state index in [4.69, 9.17) is 4.74 Å². The fourth-order valence-electron chi connectivity index (χ4n) is 1.76. The number of ether oxygens (including phenoxy) is 1. The Morgan fingerprint density at radius 1 is 1.36 bits per heavy atom. The van der Waals surface area contributed by atoms with Gasteiger partial charge in [-0.15, -0.1) is 0 Å². The summed E-state index contributed by atoms with van der Waals surface area (Å²) >= 11 is 0. The summed E-state index contributed by atoms with van der Waals surface area (Å²) in [4.78, 5) is 2.22. The van der Waals surface area contributed by atoms with Gasteiger partial charge in [-0.2, -0.15) is 0 Å². The van der Waals surface area contributed by atoms with Crippen molar-refractivity contribution in [2.24, 2.45) is 0 Å². The molecule has 0 amide bonds. The van der Waals surface area contributed by atoms with Crippen LogP contribution in [0.15, 0.2) is 18.2 Å². The summed E-state index contributed by atoms with van der Waals surface area (Å²) in [7, 11) is 4.21. The van der Waals surface area contributed by atoms with Gasteiger partial charge in [0, 0.05) is 12.5 Å². The van der Waals surface area contributed by atoms with E-state index >= 15 is 0 Å². The summed E-state index contributed by atoms with van der Waals surface area (Å²) < 4.78 is 5.48. The monoisotopic (exact) mass is 191 g/mol. The second kappa shape index (κ2) is 3.62. The van der Waals surface area contributed by atoms with Crippen LogP contribution in [0.1, 0.15) is 24.1 Å². The third-order valence-electron chi connectivity index (χ3n) is 2.97. The highest BCUT2D eigenvalue weighted by Crippen LogP contribution is 2.29. The summed E-state index contributed by atoms with van der Waals surface area (Å²) in [5.41, 5.74) is 2.73. The first-order valence-corrected chi connectivity index (χ1v) is 5.10. The van der Waals surface area contributed by atoms with Crippen molar-refractivity contribution in [2.75, 3.05) is 20.7 Å². The van der Waals surface area contributed by atoms with Crippen molar-refractivity contribution in [3.8, 4) is 5.75 Å². The maximum atomic E-state index is 5.48. The first-order chi connectivity index (χ1) is 6.68. The van der Waals surface area contributed by atoms with E-state index in [1.54, 1.807) is 0 Å². The molecule has 1 aromatic rings. The molecule has 0 N–H and O–H groups in total. The Morgan fingerprint density at radius 3 is 2.86 bits per heavy atom. The van der Waals surface area contributed by atoms with Crippen molar-refractivity contribution in [3.05, 3.63) is 29.3 Å². The molecule has 0 aromatic heterocycles. The van der Waals surface area contributed by atoms with Gasteiger partial charge in [0.1, 0.15) is 5.75 Å². The predicted molar refractivity (Wildman–Crippen MR) is 57.7 cm³/mol. The molecule has 2 nitrogen and oxygen atoms in total. The summed E-state index contributed by atoms with van der Waals surface area (Å²) in [6.07, 6.45) is 1.06. The molecule has 0 bridgehead atoms. The average Bonchev–Trinajstić information content (AvgIpc) is 2.62. The molecule has 14 heavy (non-hydrogen) atoms. The lowest BCUT2D eigenvalue weighted by Crippen LogP contribution is -2.16. The van der Waals surface area contributed by atoms with Crippen LogP contribution in [-0.2, 0) is 6.42 Å². The quantitative estimate of drug-likeness (QED) is 0.711. The number of nitrogens with zero attached hydrogens (tertiary/aromatic N) is 1. The SMILES string of the molecule is CC(c1ccc2c(c1)CCO2)N(C)C. The predicted octanol–water partition coefficient (Wildman–Crippen LogP) is 2.24.